The molecule has 2 fully saturated rings. The Morgan fingerprint density at radius 3 is 3.00 bits per heavy atom. The second-order valence-electron chi connectivity index (χ2n) is 5.67. The lowest BCUT2D eigenvalue weighted by molar-refractivity contribution is 0.00938. The van der Waals surface area contributed by atoms with E-state index in [2.05, 4.69) is 12.2 Å². The normalized spacial score (nSPS) is 30.7. The van der Waals surface area contributed by atoms with E-state index in [1.165, 1.54) is 12.8 Å². The van der Waals surface area contributed by atoms with Crippen LogP contribution in [0.1, 0.15) is 32.6 Å². The Morgan fingerprint density at radius 2 is 2.35 bits per heavy atom. The van der Waals surface area contributed by atoms with Crippen LogP contribution in [0, 0.1) is 5.92 Å². The number of hydrogen-bond donors (Lipinski definition) is 2. The number of ether oxygens (including phenoxy) is 2. The van der Waals surface area contributed by atoms with Gasteiger partial charge in [0.05, 0.1) is 18.3 Å². The Labute approximate surface area is 104 Å². The number of aliphatic hydroxyl groups excluding tert-OH is 1. The van der Waals surface area contributed by atoms with Gasteiger partial charge in [0.15, 0.2) is 0 Å². The zero-order valence-electron chi connectivity index (χ0n) is 10.8. The predicted octanol–water partition coefficient (Wildman–Crippen LogP) is 0.933. The highest BCUT2D eigenvalue weighted by Crippen LogP contribution is 2.28. The van der Waals surface area contributed by atoms with Crippen molar-refractivity contribution < 1.29 is 14.6 Å². The molecule has 1 aliphatic carbocycles. The van der Waals surface area contributed by atoms with Crippen LogP contribution in [0.25, 0.3) is 0 Å². The molecule has 2 atom stereocenters. The standard InChI is InChI=1S/C13H25NO3/c1-13(5-2-6-17-13)10-14-7-12(15)9-16-8-11-3-4-11/h11-12,14-15H,2-10H2,1H3. The third-order valence-corrected chi connectivity index (χ3v) is 3.54. The number of rotatable bonds is 8. The van der Waals surface area contributed by atoms with Crippen LogP contribution in [0.15, 0.2) is 0 Å². The van der Waals surface area contributed by atoms with Crippen LogP contribution < -0.4 is 5.32 Å². The van der Waals surface area contributed by atoms with Crippen molar-refractivity contribution >= 4 is 0 Å². The molecular formula is C13H25NO3. The number of nitrogens with one attached hydrogen (secondary N) is 1. The SMILES string of the molecule is CC1(CNCC(O)COCC2CC2)CCCO1. The molecule has 4 nitrogen and oxygen atoms in total. The molecule has 1 saturated heterocycles. The summed E-state index contributed by atoms with van der Waals surface area (Å²) < 4.78 is 11.1. The number of hydrogen-bond acceptors (Lipinski definition) is 4. The Morgan fingerprint density at radius 1 is 1.53 bits per heavy atom. The van der Waals surface area contributed by atoms with Gasteiger partial charge in [-0.15, -0.1) is 0 Å². The van der Waals surface area contributed by atoms with Crippen LogP contribution in [0.3, 0.4) is 0 Å². The summed E-state index contributed by atoms with van der Waals surface area (Å²) >= 11 is 0. The lowest BCUT2D eigenvalue weighted by atomic mass is 10.0. The molecule has 1 saturated carbocycles. The molecule has 1 aliphatic heterocycles. The van der Waals surface area contributed by atoms with Crippen LogP contribution in [-0.4, -0.2) is 49.7 Å². The van der Waals surface area contributed by atoms with E-state index >= 15 is 0 Å². The van der Waals surface area contributed by atoms with Crippen LogP contribution >= 0.6 is 0 Å². The van der Waals surface area contributed by atoms with E-state index in [0.717, 1.165) is 38.5 Å². The molecule has 0 amide bonds. The smallest absolute Gasteiger partial charge is 0.0897 e. The fourth-order valence-corrected chi connectivity index (χ4v) is 2.19. The van der Waals surface area contributed by atoms with Crippen LogP contribution in [0.2, 0.25) is 0 Å². The molecule has 2 aliphatic rings. The van der Waals surface area contributed by atoms with Crippen molar-refractivity contribution in [1.29, 1.82) is 0 Å². The van der Waals surface area contributed by atoms with E-state index in [1.54, 1.807) is 0 Å². The van der Waals surface area contributed by atoms with E-state index in [-0.39, 0.29) is 5.60 Å². The Kier molecular flexibility index (Phi) is 4.79. The van der Waals surface area contributed by atoms with Gasteiger partial charge in [-0.05, 0) is 38.5 Å². The highest BCUT2D eigenvalue weighted by Gasteiger charge is 2.29. The highest BCUT2D eigenvalue weighted by atomic mass is 16.5. The average Bonchev–Trinajstić information content (AvgIpc) is 3.01. The summed E-state index contributed by atoms with van der Waals surface area (Å²) in [6.07, 6.45) is 4.44. The van der Waals surface area contributed by atoms with Crippen LogP contribution in [-0.2, 0) is 9.47 Å². The summed E-state index contributed by atoms with van der Waals surface area (Å²) in [5, 5.41) is 13.0. The zero-order valence-corrected chi connectivity index (χ0v) is 10.8. The van der Waals surface area contributed by atoms with Gasteiger partial charge in [-0.2, -0.15) is 0 Å². The first kappa shape index (κ1) is 13.3. The van der Waals surface area contributed by atoms with E-state index in [4.69, 9.17) is 9.47 Å². The van der Waals surface area contributed by atoms with Gasteiger partial charge in [-0.25, -0.2) is 0 Å². The maximum absolute atomic E-state index is 9.71. The predicted molar refractivity (Wildman–Crippen MR) is 66.0 cm³/mol. The Balaban J connectivity index is 1.48. The minimum Gasteiger partial charge on any atom is -0.389 e. The summed E-state index contributed by atoms with van der Waals surface area (Å²) in [4.78, 5) is 0. The fourth-order valence-electron chi connectivity index (χ4n) is 2.19. The summed E-state index contributed by atoms with van der Waals surface area (Å²) in [6.45, 7) is 5.66. The van der Waals surface area contributed by atoms with E-state index < -0.39 is 6.10 Å². The molecule has 0 aromatic rings. The van der Waals surface area contributed by atoms with Gasteiger partial charge in [0.25, 0.3) is 0 Å². The summed E-state index contributed by atoms with van der Waals surface area (Å²) in [7, 11) is 0. The average molecular weight is 243 g/mol. The first-order chi connectivity index (χ1) is 8.18. The van der Waals surface area contributed by atoms with E-state index in [9.17, 15) is 5.11 Å². The first-order valence-electron chi connectivity index (χ1n) is 6.78. The first-order valence-corrected chi connectivity index (χ1v) is 6.78. The summed E-state index contributed by atoms with van der Waals surface area (Å²) in [5.41, 5.74) is -0.0331. The lowest BCUT2D eigenvalue weighted by Gasteiger charge is -2.24. The molecule has 0 radical (unpaired) electrons. The topological polar surface area (TPSA) is 50.7 Å². The van der Waals surface area contributed by atoms with Gasteiger partial charge in [0.1, 0.15) is 0 Å². The monoisotopic (exact) mass is 243 g/mol. The van der Waals surface area contributed by atoms with Gasteiger partial charge in [-0.3, -0.25) is 0 Å². The van der Waals surface area contributed by atoms with Crippen molar-refractivity contribution in [2.24, 2.45) is 5.92 Å². The van der Waals surface area contributed by atoms with Crippen molar-refractivity contribution in [2.75, 3.05) is 32.9 Å². The van der Waals surface area contributed by atoms with Crippen molar-refractivity contribution in [2.45, 2.75) is 44.3 Å². The second-order valence-corrected chi connectivity index (χ2v) is 5.67. The third-order valence-electron chi connectivity index (χ3n) is 3.54. The molecule has 2 rings (SSSR count). The summed E-state index contributed by atoms with van der Waals surface area (Å²) in [6, 6.07) is 0. The van der Waals surface area contributed by atoms with Crippen molar-refractivity contribution in [3.63, 3.8) is 0 Å². The zero-order chi connectivity index (χ0) is 12.1. The molecule has 0 bridgehead atoms. The molecule has 0 aromatic carbocycles. The van der Waals surface area contributed by atoms with Crippen molar-refractivity contribution in [3.05, 3.63) is 0 Å². The Hall–Kier alpha value is -0.160. The fraction of sp³-hybridized carbons (Fsp3) is 1.00. The lowest BCUT2D eigenvalue weighted by Crippen LogP contribution is -2.41. The molecule has 2 N–H and O–H groups in total. The van der Waals surface area contributed by atoms with Crippen LogP contribution in [0.5, 0.6) is 0 Å². The largest absolute Gasteiger partial charge is 0.389 e. The van der Waals surface area contributed by atoms with Gasteiger partial charge in [0.2, 0.25) is 0 Å². The van der Waals surface area contributed by atoms with Gasteiger partial charge < -0.3 is 19.9 Å². The second kappa shape index (κ2) is 6.14. The molecule has 17 heavy (non-hydrogen) atoms. The third kappa shape index (κ3) is 4.92. The molecule has 0 aromatic heterocycles. The maximum Gasteiger partial charge on any atom is 0.0897 e. The molecule has 0 spiro atoms. The molecule has 100 valence electrons. The number of aliphatic hydroxyl groups is 1. The minimum atomic E-state index is -0.404. The summed E-state index contributed by atoms with van der Waals surface area (Å²) in [5.74, 6) is 0.765. The van der Waals surface area contributed by atoms with Gasteiger partial charge in [0, 0.05) is 26.3 Å². The van der Waals surface area contributed by atoms with Crippen molar-refractivity contribution in [1.82, 2.24) is 5.32 Å². The quantitative estimate of drug-likeness (QED) is 0.666. The minimum absolute atomic E-state index is 0.0331. The van der Waals surface area contributed by atoms with E-state index in [0.29, 0.717) is 13.2 Å². The highest BCUT2D eigenvalue weighted by molar-refractivity contribution is 4.82. The van der Waals surface area contributed by atoms with Crippen LogP contribution in [0.4, 0.5) is 0 Å². The molecular weight excluding hydrogens is 218 g/mol. The van der Waals surface area contributed by atoms with E-state index in [1.807, 2.05) is 0 Å². The van der Waals surface area contributed by atoms with Gasteiger partial charge >= 0.3 is 0 Å². The van der Waals surface area contributed by atoms with Gasteiger partial charge in [-0.1, -0.05) is 0 Å². The molecule has 4 heteroatoms. The molecule has 2 unspecified atom stereocenters. The maximum atomic E-state index is 9.71. The molecule has 1 heterocycles. The van der Waals surface area contributed by atoms with Crippen molar-refractivity contribution in [3.8, 4) is 0 Å². The Bertz CT molecular complexity index is 225.